The quantitative estimate of drug-likeness (QED) is 0.457. The molecule has 0 spiro atoms. The standard InChI is InChI=1S/C22H22BrF2N3O3/c1-13-20(14(2)28(26-13)17-8-6-16(23)7-9-17)21(29)27(3)12-15-5-10-18(31-22(24)25)19(11-15)30-4/h5-11,22H,12H2,1-4H3. The number of amides is 1. The average Bonchev–Trinajstić information content (AvgIpc) is 3.02. The summed E-state index contributed by atoms with van der Waals surface area (Å²) in [6.45, 7) is 0.954. The van der Waals surface area contributed by atoms with E-state index in [9.17, 15) is 13.6 Å². The van der Waals surface area contributed by atoms with E-state index in [4.69, 9.17) is 4.74 Å². The highest BCUT2D eigenvalue weighted by Crippen LogP contribution is 2.30. The topological polar surface area (TPSA) is 56.6 Å². The number of ether oxygens (including phenoxy) is 2. The van der Waals surface area contributed by atoms with E-state index in [0.29, 0.717) is 16.8 Å². The van der Waals surface area contributed by atoms with Gasteiger partial charge in [-0.05, 0) is 55.8 Å². The maximum Gasteiger partial charge on any atom is 0.387 e. The predicted molar refractivity (Wildman–Crippen MR) is 116 cm³/mol. The zero-order valence-electron chi connectivity index (χ0n) is 17.5. The number of hydrogen-bond donors (Lipinski definition) is 0. The summed E-state index contributed by atoms with van der Waals surface area (Å²) < 4.78 is 37.3. The lowest BCUT2D eigenvalue weighted by atomic mass is 10.1. The molecule has 0 saturated heterocycles. The summed E-state index contributed by atoms with van der Waals surface area (Å²) in [7, 11) is 3.05. The third kappa shape index (κ3) is 5.04. The molecule has 0 N–H and O–H groups in total. The second kappa shape index (κ2) is 9.47. The molecule has 0 aliphatic carbocycles. The highest BCUT2D eigenvalue weighted by Gasteiger charge is 2.23. The van der Waals surface area contributed by atoms with Crippen LogP contribution in [0.3, 0.4) is 0 Å². The summed E-state index contributed by atoms with van der Waals surface area (Å²) in [5, 5.41) is 4.53. The van der Waals surface area contributed by atoms with Crippen LogP contribution >= 0.6 is 15.9 Å². The van der Waals surface area contributed by atoms with Crippen LogP contribution in [0.25, 0.3) is 5.69 Å². The first-order valence-electron chi connectivity index (χ1n) is 9.40. The van der Waals surface area contributed by atoms with Gasteiger partial charge in [0.15, 0.2) is 11.5 Å². The van der Waals surface area contributed by atoms with E-state index < -0.39 is 6.61 Å². The molecule has 1 amide bonds. The molecular weight excluding hydrogens is 472 g/mol. The van der Waals surface area contributed by atoms with Crippen LogP contribution < -0.4 is 9.47 Å². The number of halogens is 3. The van der Waals surface area contributed by atoms with Gasteiger partial charge in [-0.3, -0.25) is 4.79 Å². The molecule has 31 heavy (non-hydrogen) atoms. The molecule has 1 aromatic heterocycles. The van der Waals surface area contributed by atoms with Crippen LogP contribution in [0.5, 0.6) is 11.5 Å². The van der Waals surface area contributed by atoms with Crippen LogP contribution in [0.1, 0.15) is 27.3 Å². The van der Waals surface area contributed by atoms with Crippen molar-refractivity contribution in [1.29, 1.82) is 0 Å². The van der Waals surface area contributed by atoms with Crippen LogP contribution in [-0.2, 0) is 6.54 Å². The molecule has 0 unspecified atom stereocenters. The molecule has 3 aromatic rings. The third-order valence-electron chi connectivity index (χ3n) is 4.79. The summed E-state index contributed by atoms with van der Waals surface area (Å²) in [4.78, 5) is 14.7. The minimum Gasteiger partial charge on any atom is -0.493 e. The normalized spacial score (nSPS) is 11.0. The van der Waals surface area contributed by atoms with Crippen LogP contribution in [0.2, 0.25) is 0 Å². The molecular formula is C22H22BrF2N3O3. The summed E-state index contributed by atoms with van der Waals surface area (Å²) in [6, 6.07) is 12.2. The van der Waals surface area contributed by atoms with E-state index in [1.165, 1.54) is 13.2 Å². The maximum absolute atomic E-state index is 13.2. The molecule has 0 radical (unpaired) electrons. The molecule has 9 heteroatoms. The Balaban J connectivity index is 1.83. The summed E-state index contributed by atoms with van der Waals surface area (Å²) in [5.74, 6) is -0.0722. The lowest BCUT2D eigenvalue weighted by Gasteiger charge is -2.19. The summed E-state index contributed by atoms with van der Waals surface area (Å²) in [6.07, 6.45) is 0. The minimum absolute atomic E-state index is 0.0577. The first kappa shape index (κ1) is 22.7. The van der Waals surface area contributed by atoms with Crippen LogP contribution in [0.4, 0.5) is 8.78 Å². The predicted octanol–water partition coefficient (Wildman–Crippen LogP) is 5.13. The van der Waals surface area contributed by atoms with Crippen LogP contribution in [-0.4, -0.2) is 41.4 Å². The van der Waals surface area contributed by atoms with Crippen molar-refractivity contribution in [2.75, 3.05) is 14.2 Å². The minimum atomic E-state index is -2.95. The Morgan fingerprint density at radius 3 is 2.45 bits per heavy atom. The first-order valence-corrected chi connectivity index (χ1v) is 10.2. The molecule has 164 valence electrons. The van der Waals surface area contributed by atoms with Gasteiger partial charge in [0.1, 0.15) is 0 Å². The number of nitrogens with zero attached hydrogens (tertiary/aromatic N) is 3. The molecule has 0 aliphatic rings. The van der Waals surface area contributed by atoms with E-state index in [2.05, 4.69) is 25.8 Å². The van der Waals surface area contributed by atoms with E-state index in [1.54, 1.807) is 35.7 Å². The Hall–Kier alpha value is -2.94. The fourth-order valence-electron chi connectivity index (χ4n) is 3.33. The maximum atomic E-state index is 13.2. The van der Waals surface area contributed by atoms with Crippen molar-refractivity contribution in [3.63, 3.8) is 0 Å². The Kier molecular flexibility index (Phi) is 6.94. The highest BCUT2D eigenvalue weighted by molar-refractivity contribution is 9.10. The van der Waals surface area contributed by atoms with E-state index >= 15 is 0 Å². The number of alkyl halides is 2. The van der Waals surface area contributed by atoms with Gasteiger partial charge in [0, 0.05) is 18.1 Å². The smallest absolute Gasteiger partial charge is 0.387 e. The van der Waals surface area contributed by atoms with Gasteiger partial charge in [0.2, 0.25) is 0 Å². The fraction of sp³-hybridized carbons (Fsp3) is 0.273. The Bertz CT molecular complexity index is 1080. The van der Waals surface area contributed by atoms with Crippen LogP contribution in [0.15, 0.2) is 46.9 Å². The summed E-state index contributed by atoms with van der Waals surface area (Å²) in [5.41, 5.74) is 3.44. The zero-order valence-corrected chi connectivity index (χ0v) is 19.1. The number of carbonyl (C=O) groups is 1. The first-order chi connectivity index (χ1) is 14.7. The van der Waals surface area contributed by atoms with Gasteiger partial charge in [-0.1, -0.05) is 22.0 Å². The van der Waals surface area contributed by atoms with Gasteiger partial charge >= 0.3 is 6.61 Å². The summed E-state index contributed by atoms with van der Waals surface area (Å²) >= 11 is 3.41. The molecule has 6 nitrogen and oxygen atoms in total. The van der Waals surface area contributed by atoms with Gasteiger partial charge in [0.25, 0.3) is 5.91 Å². The van der Waals surface area contributed by atoms with E-state index in [-0.39, 0.29) is 24.0 Å². The Morgan fingerprint density at radius 1 is 1.16 bits per heavy atom. The largest absolute Gasteiger partial charge is 0.493 e. The highest BCUT2D eigenvalue weighted by atomic mass is 79.9. The SMILES string of the molecule is COc1cc(CN(C)C(=O)c2c(C)nn(-c3ccc(Br)cc3)c2C)ccc1OC(F)F. The van der Waals surface area contributed by atoms with Crippen molar-refractivity contribution in [1.82, 2.24) is 14.7 Å². The second-order valence-corrected chi connectivity index (χ2v) is 7.87. The van der Waals surface area contributed by atoms with Gasteiger partial charge in [0.05, 0.1) is 29.7 Å². The average molecular weight is 494 g/mol. The molecule has 0 saturated carbocycles. The molecule has 0 fully saturated rings. The number of hydrogen-bond acceptors (Lipinski definition) is 4. The fourth-order valence-corrected chi connectivity index (χ4v) is 3.59. The van der Waals surface area contributed by atoms with Crippen molar-refractivity contribution >= 4 is 21.8 Å². The molecule has 0 bridgehead atoms. The van der Waals surface area contributed by atoms with Crippen LogP contribution in [0, 0.1) is 13.8 Å². The number of aromatic nitrogens is 2. The zero-order chi connectivity index (χ0) is 22.7. The number of rotatable bonds is 7. The van der Waals surface area contributed by atoms with Gasteiger partial charge < -0.3 is 14.4 Å². The monoisotopic (exact) mass is 493 g/mol. The second-order valence-electron chi connectivity index (χ2n) is 6.96. The third-order valence-corrected chi connectivity index (χ3v) is 5.32. The Morgan fingerprint density at radius 2 is 1.84 bits per heavy atom. The van der Waals surface area contributed by atoms with Crippen molar-refractivity contribution in [3.05, 3.63) is 69.5 Å². The van der Waals surface area contributed by atoms with E-state index in [0.717, 1.165) is 15.9 Å². The van der Waals surface area contributed by atoms with Crippen molar-refractivity contribution in [2.45, 2.75) is 27.0 Å². The van der Waals surface area contributed by atoms with Gasteiger partial charge in [-0.2, -0.15) is 13.9 Å². The molecule has 0 aliphatic heterocycles. The lowest BCUT2D eigenvalue weighted by Crippen LogP contribution is -2.27. The number of aryl methyl sites for hydroxylation is 1. The molecule has 0 atom stereocenters. The molecule has 1 heterocycles. The van der Waals surface area contributed by atoms with Gasteiger partial charge in [-0.25, -0.2) is 4.68 Å². The number of carbonyl (C=O) groups excluding carboxylic acids is 1. The van der Waals surface area contributed by atoms with Crippen molar-refractivity contribution < 1.29 is 23.0 Å². The van der Waals surface area contributed by atoms with E-state index in [1.807, 2.05) is 31.2 Å². The van der Waals surface area contributed by atoms with Gasteiger partial charge in [-0.15, -0.1) is 0 Å². The lowest BCUT2D eigenvalue weighted by molar-refractivity contribution is -0.0512. The molecule has 2 aromatic carbocycles. The van der Waals surface area contributed by atoms with Crippen molar-refractivity contribution in [2.24, 2.45) is 0 Å². The Labute approximate surface area is 187 Å². The van der Waals surface area contributed by atoms with Crippen molar-refractivity contribution in [3.8, 4) is 17.2 Å². The molecule has 3 rings (SSSR count). The number of benzene rings is 2. The number of methoxy groups -OCH3 is 1.